The molecule has 0 aliphatic carbocycles. The van der Waals surface area contributed by atoms with Gasteiger partial charge in [-0.05, 0) is 19.0 Å². The van der Waals surface area contributed by atoms with E-state index in [1.165, 1.54) is 0 Å². The Morgan fingerprint density at radius 1 is 1.33 bits per heavy atom. The topological polar surface area (TPSA) is 29.1 Å². The highest BCUT2D eigenvalue weighted by Gasteiger charge is 2.06. The van der Waals surface area contributed by atoms with Gasteiger partial charge in [0.2, 0.25) is 0 Å². The highest BCUT2D eigenvalue weighted by Crippen LogP contribution is 2.03. The minimum atomic E-state index is -0.765. The third-order valence-corrected chi connectivity index (χ3v) is 3.69. The van der Waals surface area contributed by atoms with Crippen LogP contribution in [0.3, 0.4) is 0 Å². The van der Waals surface area contributed by atoms with Gasteiger partial charge in [-0.1, -0.05) is 37.3 Å². The minimum Gasteiger partial charge on any atom is -0.314 e. The highest BCUT2D eigenvalue weighted by atomic mass is 32.2. The summed E-state index contributed by atoms with van der Waals surface area (Å²) in [4.78, 5) is 0. The zero-order valence-corrected chi connectivity index (χ0v) is 10.2. The summed E-state index contributed by atoms with van der Waals surface area (Å²) in [6, 6.07) is 10.3. The Bertz CT molecular complexity index is 300. The molecular weight excluding hydrogens is 206 g/mol. The lowest BCUT2D eigenvalue weighted by Crippen LogP contribution is -2.31. The summed E-state index contributed by atoms with van der Waals surface area (Å²) >= 11 is 0. The molecule has 0 heterocycles. The first-order valence-electron chi connectivity index (χ1n) is 5.34. The number of nitrogens with one attached hydrogen (secondary N) is 1. The molecule has 0 fully saturated rings. The van der Waals surface area contributed by atoms with Crippen molar-refractivity contribution in [2.75, 3.05) is 12.3 Å². The molecule has 1 aromatic rings. The first kappa shape index (κ1) is 12.4. The molecular formula is C12H19NOS. The molecule has 0 amide bonds. The van der Waals surface area contributed by atoms with Crippen LogP contribution in [0.2, 0.25) is 0 Å². The minimum absolute atomic E-state index is 0.333. The molecule has 1 rings (SSSR count). The van der Waals surface area contributed by atoms with Gasteiger partial charge in [-0.25, -0.2) is 0 Å². The van der Waals surface area contributed by atoms with Gasteiger partial charge >= 0.3 is 0 Å². The molecule has 2 atom stereocenters. The van der Waals surface area contributed by atoms with E-state index in [1.54, 1.807) is 0 Å². The quantitative estimate of drug-likeness (QED) is 0.801. The van der Waals surface area contributed by atoms with Gasteiger partial charge in [0.25, 0.3) is 0 Å². The average Bonchev–Trinajstić information content (AvgIpc) is 2.19. The van der Waals surface area contributed by atoms with Crippen molar-refractivity contribution in [3.63, 3.8) is 0 Å². The Labute approximate surface area is 94.5 Å². The van der Waals surface area contributed by atoms with Gasteiger partial charge in [-0.3, -0.25) is 4.21 Å². The monoisotopic (exact) mass is 225 g/mol. The summed E-state index contributed by atoms with van der Waals surface area (Å²) in [5, 5.41) is 3.27. The van der Waals surface area contributed by atoms with Gasteiger partial charge in [-0.15, -0.1) is 0 Å². The summed E-state index contributed by atoms with van der Waals surface area (Å²) in [5.74, 6) is 1.39. The molecule has 0 bridgehead atoms. The van der Waals surface area contributed by atoms with Gasteiger partial charge in [0.1, 0.15) is 0 Å². The zero-order valence-electron chi connectivity index (χ0n) is 9.40. The van der Waals surface area contributed by atoms with E-state index < -0.39 is 10.8 Å². The van der Waals surface area contributed by atoms with E-state index in [-0.39, 0.29) is 0 Å². The summed E-state index contributed by atoms with van der Waals surface area (Å²) < 4.78 is 11.8. The van der Waals surface area contributed by atoms with E-state index in [2.05, 4.69) is 19.2 Å². The van der Waals surface area contributed by atoms with E-state index in [1.807, 2.05) is 30.3 Å². The third kappa shape index (κ3) is 5.09. The number of hydrogen-bond acceptors (Lipinski definition) is 2. The number of rotatable bonds is 6. The lowest BCUT2D eigenvalue weighted by molar-refractivity contribution is 0.607. The van der Waals surface area contributed by atoms with Crippen LogP contribution in [0.4, 0.5) is 0 Å². The first-order valence-corrected chi connectivity index (χ1v) is 6.83. The number of hydrogen-bond donors (Lipinski definition) is 1. The zero-order chi connectivity index (χ0) is 11.1. The van der Waals surface area contributed by atoms with Crippen LogP contribution in [0, 0.1) is 0 Å². The first-order chi connectivity index (χ1) is 7.22. The van der Waals surface area contributed by atoms with Crippen molar-refractivity contribution in [1.82, 2.24) is 5.32 Å². The molecule has 2 unspecified atom stereocenters. The van der Waals surface area contributed by atoms with E-state index >= 15 is 0 Å². The van der Waals surface area contributed by atoms with Gasteiger partial charge in [0, 0.05) is 28.3 Å². The Balaban J connectivity index is 2.36. The molecule has 0 aromatic heterocycles. The summed E-state index contributed by atoms with van der Waals surface area (Å²) in [7, 11) is -0.765. The largest absolute Gasteiger partial charge is 0.314 e. The van der Waals surface area contributed by atoms with E-state index in [0.717, 1.165) is 17.9 Å². The second kappa shape index (κ2) is 6.75. The summed E-state index contributed by atoms with van der Waals surface area (Å²) in [6.07, 6.45) is 0. The van der Waals surface area contributed by atoms with Gasteiger partial charge < -0.3 is 5.32 Å². The lowest BCUT2D eigenvalue weighted by Gasteiger charge is -2.11. The normalized spacial score (nSPS) is 14.8. The molecule has 1 N–H and O–H groups in total. The molecule has 2 nitrogen and oxygen atoms in total. The fourth-order valence-corrected chi connectivity index (χ4v) is 2.86. The van der Waals surface area contributed by atoms with Crippen molar-refractivity contribution >= 4 is 10.8 Å². The van der Waals surface area contributed by atoms with Crippen LogP contribution >= 0.6 is 0 Å². The third-order valence-electron chi connectivity index (χ3n) is 2.16. The van der Waals surface area contributed by atoms with E-state index in [4.69, 9.17) is 0 Å². The predicted octanol–water partition coefficient (Wildman–Crippen LogP) is 1.93. The molecule has 84 valence electrons. The Morgan fingerprint density at radius 2 is 2.00 bits per heavy atom. The maximum Gasteiger partial charge on any atom is 0.0486 e. The molecule has 1 aromatic carbocycles. The summed E-state index contributed by atoms with van der Waals surface area (Å²) in [6.45, 7) is 5.08. The maximum absolute atomic E-state index is 11.8. The second-order valence-electron chi connectivity index (χ2n) is 3.70. The van der Waals surface area contributed by atoms with Crippen LogP contribution in [-0.2, 0) is 16.6 Å². The predicted molar refractivity (Wildman–Crippen MR) is 66.3 cm³/mol. The molecule has 0 aliphatic heterocycles. The maximum atomic E-state index is 11.8. The van der Waals surface area contributed by atoms with Crippen LogP contribution in [0.15, 0.2) is 30.3 Å². The van der Waals surface area contributed by atoms with Crippen LogP contribution in [0.1, 0.15) is 19.4 Å². The van der Waals surface area contributed by atoms with Crippen molar-refractivity contribution < 1.29 is 4.21 Å². The van der Waals surface area contributed by atoms with Gasteiger partial charge in [-0.2, -0.15) is 0 Å². The molecule has 0 saturated heterocycles. The van der Waals surface area contributed by atoms with Crippen molar-refractivity contribution in [3.05, 3.63) is 35.9 Å². The molecule has 0 radical (unpaired) electrons. The molecule has 15 heavy (non-hydrogen) atoms. The fourth-order valence-electron chi connectivity index (χ4n) is 1.51. The lowest BCUT2D eigenvalue weighted by atomic mass is 10.2. The standard InChI is InChI=1S/C12H19NOS/c1-3-13-11(2)9-15(14)10-12-7-5-4-6-8-12/h4-8,11,13H,3,9-10H2,1-2H3. The highest BCUT2D eigenvalue weighted by molar-refractivity contribution is 7.84. The Kier molecular flexibility index (Phi) is 5.58. The fraction of sp³-hybridized carbons (Fsp3) is 0.500. The van der Waals surface area contributed by atoms with Crippen molar-refractivity contribution in [3.8, 4) is 0 Å². The van der Waals surface area contributed by atoms with E-state index in [9.17, 15) is 4.21 Å². The van der Waals surface area contributed by atoms with Crippen molar-refractivity contribution in [2.45, 2.75) is 25.6 Å². The molecule has 3 heteroatoms. The van der Waals surface area contributed by atoms with Gasteiger partial charge in [0.05, 0.1) is 0 Å². The van der Waals surface area contributed by atoms with Crippen LogP contribution < -0.4 is 5.32 Å². The van der Waals surface area contributed by atoms with E-state index in [0.29, 0.717) is 11.8 Å². The van der Waals surface area contributed by atoms with Crippen molar-refractivity contribution in [1.29, 1.82) is 0 Å². The van der Waals surface area contributed by atoms with Crippen LogP contribution in [0.5, 0.6) is 0 Å². The van der Waals surface area contributed by atoms with Crippen LogP contribution in [0.25, 0.3) is 0 Å². The number of benzene rings is 1. The summed E-state index contributed by atoms with van der Waals surface area (Å²) in [5.41, 5.74) is 1.15. The van der Waals surface area contributed by atoms with Crippen molar-refractivity contribution in [2.24, 2.45) is 0 Å². The van der Waals surface area contributed by atoms with Gasteiger partial charge in [0.15, 0.2) is 0 Å². The molecule has 0 saturated carbocycles. The molecule has 0 spiro atoms. The smallest absolute Gasteiger partial charge is 0.0486 e. The SMILES string of the molecule is CCNC(C)CS(=O)Cc1ccccc1. The molecule has 0 aliphatic rings. The second-order valence-corrected chi connectivity index (χ2v) is 5.20. The Morgan fingerprint density at radius 3 is 2.60 bits per heavy atom. The van der Waals surface area contributed by atoms with Crippen LogP contribution in [-0.4, -0.2) is 22.5 Å². The Hall–Kier alpha value is -0.670. The average molecular weight is 225 g/mol.